The summed E-state index contributed by atoms with van der Waals surface area (Å²) >= 11 is 1.82. The second kappa shape index (κ2) is 9.27. The van der Waals surface area contributed by atoms with Crippen molar-refractivity contribution in [3.05, 3.63) is 12.2 Å². The molecule has 0 unspecified atom stereocenters. The highest BCUT2D eigenvalue weighted by atomic mass is 32.2. The fourth-order valence-corrected chi connectivity index (χ4v) is 12.6. The first kappa shape index (κ1) is 27.5. The molecule has 0 amide bonds. The van der Waals surface area contributed by atoms with Gasteiger partial charge in [-0.15, -0.1) is 0 Å². The van der Waals surface area contributed by atoms with E-state index in [-0.39, 0.29) is 23.5 Å². The Morgan fingerprint density at radius 2 is 1.58 bits per heavy atom. The van der Waals surface area contributed by atoms with Crippen molar-refractivity contribution < 1.29 is 15.3 Å². The van der Waals surface area contributed by atoms with Crippen LogP contribution in [-0.4, -0.2) is 46.1 Å². The van der Waals surface area contributed by atoms with Gasteiger partial charge in [-0.2, -0.15) is 11.8 Å². The number of thioether (sulfide) groups is 1. The molecule has 3 N–H and O–H groups in total. The quantitative estimate of drug-likeness (QED) is 0.270. The van der Waals surface area contributed by atoms with Gasteiger partial charge in [0.1, 0.15) is 0 Å². The first-order valence-electron chi connectivity index (χ1n) is 15.1. The molecule has 0 aromatic rings. The SMILES string of the molecule is C=C(CSCCO)[C@@H]1CC[C@]2(CO)CC[C@]3(C)[C@H](CC[C@@H]4[C@@]5(C)CC[C@H](O)C(C)(C)[C@@H]5CC[C@]43C)[C@@H]12. The number of aliphatic hydroxyl groups is 3. The minimum Gasteiger partial charge on any atom is -0.396 e. The highest BCUT2D eigenvalue weighted by molar-refractivity contribution is 7.99. The summed E-state index contributed by atoms with van der Waals surface area (Å²) in [5.41, 5.74) is 2.39. The molecule has 0 spiro atoms. The number of aliphatic hydroxyl groups excluding tert-OH is 3. The molecule has 206 valence electrons. The second-order valence-corrected chi connectivity index (χ2v) is 16.3. The van der Waals surface area contributed by atoms with Crippen molar-refractivity contribution in [3.8, 4) is 0 Å². The summed E-state index contributed by atoms with van der Waals surface area (Å²) in [6, 6.07) is 0. The maximum Gasteiger partial charge on any atom is 0.0594 e. The van der Waals surface area contributed by atoms with Crippen molar-refractivity contribution in [2.24, 2.45) is 56.7 Å². The third-order valence-electron chi connectivity index (χ3n) is 13.9. The third-order valence-corrected chi connectivity index (χ3v) is 15.0. The lowest BCUT2D eigenvalue weighted by atomic mass is 9.32. The van der Waals surface area contributed by atoms with Crippen LogP contribution in [0, 0.1) is 56.7 Å². The van der Waals surface area contributed by atoms with Gasteiger partial charge in [0, 0.05) is 18.1 Å². The standard InChI is InChI=1S/C32H54O3S/c1-21(19-36-18-17-33)22-9-14-32(20-34)16-15-30(5)23(27(22)32)7-8-25-29(4)12-11-26(35)28(2,3)24(29)10-13-31(25,30)6/h22-27,33-35H,1,7-20H2,2-6H3/t22-,23+,24-,25+,26-,27+,29-,30+,31+,32+/m0/s1. The van der Waals surface area contributed by atoms with E-state index in [2.05, 4.69) is 41.2 Å². The first-order chi connectivity index (χ1) is 16.9. The van der Waals surface area contributed by atoms with Crippen LogP contribution in [0.15, 0.2) is 12.2 Å². The van der Waals surface area contributed by atoms with Crippen LogP contribution in [-0.2, 0) is 0 Å². The van der Waals surface area contributed by atoms with Crippen molar-refractivity contribution in [2.45, 2.75) is 105 Å². The van der Waals surface area contributed by atoms with Gasteiger partial charge in [0.2, 0.25) is 0 Å². The molecule has 3 nitrogen and oxygen atoms in total. The zero-order valence-electron chi connectivity index (χ0n) is 23.8. The summed E-state index contributed by atoms with van der Waals surface area (Å²) in [5, 5.41) is 31.1. The van der Waals surface area contributed by atoms with Crippen LogP contribution in [0.2, 0.25) is 0 Å². The summed E-state index contributed by atoms with van der Waals surface area (Å²) in [6.07, 6.45) is 11.9. The van der Waals surface area contributed by atoms with Gasteiger partial charge in [0.15, 0.2) is 0 Å². The van der Waals surface area contributed by atoms with Crippen LogP contribution in [0.5, 0.6) is 0 Å². The van der Waals surface area contributed by atoms with Crippen LogP contribution < -0.4 is 0 Å². The summed E-state index contributed by atoms with van der Waals surface area (Å²) in [4.78, 5) is 0. The Morgan fingerprint density at radius 3 is 2.28 bits per heavy atom. The lowest BCUT2D eigenvalue weighted by Crippen LogP contribution is -2.66. The van der Waals surface area contributed by atoms with Crippen LogP contribution in [0.1, 0.15) is 98.8 Å². The highest BCUT2D eigenvalue weighted by Gasteiger charge is 2.70. The second-order valence-electron chi connectivity index (χ2n) is 15.2. The van der Waals surface area contributed by atoms with Crippen molar-refractivity contribution in [2.75, 3.05) is 24.7 Å². The summed E-state index contributed by atoms with van der Waals surface area (Å²) in [7, 11) is 0. The molecular weight excluding hydrogens is 464 g/mol. The minimum absolute atomic E-state index is 0.00517. The molecule has 5 fully saturated rings. The van der Waals surface area contributed by atoms with Gasteiger partial charge >= 0.3 is 0 Å². The van der Waals surface area contributed by atoms with Gasteiger partial charge in [-0.3, -0.25) is 0 Å². The zero-order chi connectivity index (χ0) is 26.1. The average molecular weight is 519 g/mol. The molecule has 0 saturated heterocycles. The Morgan fingerprint density at radius 1 is 0.833 bits per heavy atom. The summed E-state index contributed by atoms with van der Waals surface area (Å²) in [6.45, 7) is 17.8. The highest BCUT2D eigenvalue weighted by Crippen LogP contribution is 2.77. The maximum atomic E-state index is 11.0. The first-order valence-corrected chi connectivity index (χ1v) is 16.2. The van der Waals surface area contributed by atoms with E-state index in [1.54, 1.807) is 0 Å². The smallest absolute Gasteiger partial charge is 0.0594 e. The van der Waals surface area contributed by atoms with E-state index in [1.165, 1.54) is 56.9 Å². The molecule has 0 heterocycles. The lowest BCUT2D eigenvalue weighted by molar-refractivity contribution is -0.249. The fraction of sp³-hybridized carbons (Fsp3) is 0.938. The lowest BCUT2D eigenvalue weighted by Gasteiger charge is -2.73. The van der Waals surface area contributed by atoms with Crippen LogP contribution in [0.25, 0.3) is 0 Å². The minimum atomic E-state index is -0.166. The molecule has 10 atom stereocenters. The Hall–Kier alpha value is -0.0300. The molecule has 5 aliphatic carbocycles. The molecule has 4 heteroatoms. The summed E-state index contributed by atoms with van der Waals surface area (Å²) in [5.74, 6) is 4.79. The molecule has 0 radical (unpaired) electrons. The van der Waals surface area contributed by atoms with Crippen LogP contribution in [0.4, 0.5) is 0 Å². The van der Waals surface area contributed by atoms with Crippen molar-refractivity contribution in [3.63, 3.8) is 0 Å². The number of hydrogen-bond donors (Lipinski definition) is 3. The number of rotatable bonds is 6. The molecule has 36 heavy (non-hydrogen) atoms. The number of fused-ring (bicyclic) bond motifs is 7. The van der Waals surface area contributed by atoms with Crippen LogP contribution >= 0.6 is 11.8 Å². The largest absolute Gasteiger partial charge is 0.396 e. The molecular formula is C32H54O3S. The molecule has 5 saturated carbocycles. The van der Waals surface area contributed by atoms with Crippen molar-refractivity contribution in [1.29, 1.82) is 0 Å². The topological polar surface area (TPSA) is 60.7 Å². The Bertz CT molecular complexity index is 856. The predicted octanol–water partition coefficient (Wildman–Crippen LogP) is 6.70. The normalized spacial score (nSPS) is 51.6. The fourth-order valence-electron chi connectivity index (χ4n) is 11.8. The Kier molecular flexibility index (Phi) is 7.09. The van der Waals surface area contributed by atoms with Gasteiger partial charge < -0.3 is 15.3 Å². The molecule has 5 rings (SSSR count). The van der Waals surface area contributed by atoms with E-state index in [4.69, 9.17) is 0 Å². The van der Waals surface area contributed by atoms with Gasteiger partial charge in [-0.05, 0) is 121 Å². The van der Waals surface area contributed by atoms with Crippen molar-refractivity contribution >= 4 is 11.8 Å². The van der Waals surface area contributed by atoms with E-state index < -0.39 is 0 Å². The molecule has 0 aliphatic heterocycles. The Labute approximate surface area is 225 Å². The summed E-state index contributed by atoms with van der Waals surface area (Å²) < 4.78 is 0. The predicted molar refractivity (Wildman–Crippen MR) is 151 cm³/mol. The van der Waals surface area contributed by atoms with Crippen molar-refractivity contribution in [1.82, 2.24) is 0 Å². The van der Waals surface area contributed by atoms with E-state index in [9.17, 15) is 15.3 Å². The van der Waals surface area contributed by atoms with Gasteiger partial charge in [0.25, 0.3) is 0 Å². The van der Waals surface area contributed by atoms with Gasteiger partial charge in [-0.25, -0.2) is 0 Å². The maximum absolute atomic E-state index is 11.0. The van der Waals surface area contributed by atoms with Crippen LogP contribution in [0.3, 0.4) is 0 Å². The molecule has 0 bridgehead atoms. The molecule has 5 aliphatic rings. The van der Waals surface area contributed by atoms with E-state index >= 15 is 0 Å². The van der Waals surface area contributed by atoms with Gasteiger partial charge in [-0.1, -0.05) is 46.8 Å². The Balaban J connectivity index is 1.48. The molecule has 0 aromatic carbocycles. The van der Waals surface area contributed by atoms with E-state index in [0.29, 0.717) is 46.5 Å². The average Bonchev–Trinajstić information content (AvgIpc) is 3.22. The zero-order valence-corrected chi connectivity index (χ0v) is 24.6. The van der Waals surface area contributed by atoms with Gasteiger partial charge in [0.05, 0.1) is 12.7 Å². The van der Waals surface area contributed by atoms with E-state index in [0.717, 1.165) is 30.3 Å². The monoisotopic (exact) mass is 518 g/mol. The van der Waals surface area contributed by atoms with E-state index in [1.807, 2.05) is 11.8 Å². The number of hydrogen-bond acceptors (Lipinski definition) is 4. The molecule has 0 aromatic heterocycles. The third kappa shape index (κ3) is 3.62.